The fourth-order valence-electron chi connectivity index (χ4n) is 3.39. The van der Waals surface area contributed by atoms with E-state index in [0.717, 1.165) is 0 Å². The Morgan fingerprint density at radius 2 is 1.66 bits per heavy atom. The van der Waals surface area contributed by atoms with Gasteiger partial charge in [-0.25, -0.2) is 4.79 Å². The highest BCUT2D eigenvalue weighted by Crippen LogP contribution is 2.21. The summed E-state index contributed by atoms with van der Waals surface area (Å²) in [6.07, 6.45) is 0. The second kappa shape index (κ2) is 7.80. The molecule has 0 atom stereocenters. The van der Waals surface area contributed by atoms with Crippen molar-refractivity contribution in [2.45, 2.75) is 0 Å². The lowest BCUT2D eigenvalue weighted by Gasteiger charge is -2.11. The fourth-order valence-corrected chi connectivity index (χ4v) is 3.39. The number of aromatic nitrogens is 4. The summed E-state index contributed by atoms with van der Waals surface area (Å²) in [5.41, 5.74) is 1.35. The number of H-pyrrole nitrogens is 1. The molecule has 0 spiro atoms. The maximum absolute atomic E-state index is 13.2. The quantitative estimate of drug-likeness (QED) is 0.456. The molecule has 3 aromatic carbocycles. The Kier molecular flexibility index (Phi) is 4.68. The van der Waals surface area contributed by atoms with Crippen LogP contribution < -0.4 is 16.6 Å². The molecule has 0 bridgehead atoms. The van der Waals surface area contributed by atoms with Crippen LogP contribution in [0.4, 0.5) is 5.69 Å². The monoisotopic (exact) mass is 425 g/mol. The molecule has 0 unspecified atom stereocenters. The van der Waals surface area contributed by atoms with Crippen LogP contribution in [-0.2, 0) is 0 Å². The molecule has 2 aromatic heterocycles. The first-order chi connectivity index (χ1) is 15.6. The molecule has 0 aliphatic rings. The predicted octanol–water partition coefficient (Wildman–Crippen LogP) is 2.98. The largest absolute Gasteiger partial charge is 0.439 e. The topological polar surface area (TPSA) is 123 Å². The van der Waals surface area contributed by atoms with E-state index in [2.05, 4.69) is 25.1 Å². The van der Waals surface area contributed by atoms with Crippen LogP contribution in [-0.4, -0.2) is 25.8 Å². The summed E-state index contributed by atoms with van der Waals surface area (Å²) in [6, 6.07) is 22.5. The van der Waals surface area contributed by atoms with Crippen LogP contribution in [0.1, 0.15) is 10.5 Å². The van der Waals surface area contributed by atoms with Crippen molar-refractivity contribution in [2.24, 2.45) is 0 Å². The first-order valence-electron chi connectivity index (χ1n) is 9.65. The Hall–Kier alpha value is -4.79. The third-order valence-corrected chi connectivity index (χ3v) is 4.85. The SMILES string of the molecule is O=C(Nc1cccc(-c2noc(=O)[nH]2)c1)c1nn(-c2ccccc2)c(=O)c2ccccc12. The summed E-state index contributed by atoms with van der Waals surface area (Å²) in [6.45, 7) is 0. The van der Waals surface area contributed by atoms with Gasteiger partial charge in [0.05, 0.1) is 11.1 Å². The zero-order chi connectivity index (χ0) is 22.1. The van der Waals surface area contributed by atoms with Crippen molar-refractivity contribution in [3.05, 3.63) is 105 Å². The predicted molar refractivity (Wildman–Crippen MR) is 118 cm³/mol. The van der Waals surface area contributed by atoms with E-state index in [9.17, 15) is 14.4 Å². The van der Waals surface area contributed by atoms with Crippen LogP contribution in [0.15, 0.2) is 93.0 Å². The first-order valence-corrected chi connectivity index (χ1v) is 9.65. The number of nitrogens with one attached hydrogen (secondary N) is 2. The van der Waals surface area contributed by atoms with Gasteiger partial charge in [0.1, 0.15) is 0 Å². The number of para-hydroxylation sites is 1. The van der Waals surface area contributed by atoms with Gasteiger partial charge in [-0.1, -0.05) is 53.7 Å². The number of carbonyl (C=O) groups excluding carboxylic acids is 1. The average molecular weight is 425 g/mol. The van der Waals surface area contributed by atoms with E-state index in [0.29, 0.717) is 27.7 Å². The molecular formula is C23H15N5O4. The molecule has 32 heavy (non-hydrogen) atoms. The third-order valence-electron chi connectivity index (χ3n) is 4.85. The summed E-state index contributed by atoms with van der Waals surface area (Å²) in [4.78, 5) is 39.9. The number of aromatic amines is 1. The Morgan fingerprint density at radius 1 is 0.906 bits per heavy atom. The lowest BCUT2D eigenvalue weighted by molar-refractivity contribution is 0.102. The van der Waals surface area contributed by atoms with Gasteiger partial charge in [0.15, 0.2) is 11.5 Å². The summed E-state index contributed by atoms with van der Waals surface area (Å²) in [5, 5.41) is 11.6. The zero-order valence-corrected chi connectivity index (χ0v) is 16.5. The molecule has 2 N–H and O–H groups in total. The van der Waals surface area contributed by atoms with E-state index in [4.69, 9.17) is 0 Å². The molecule has 0 saturated heterocycles. The van der Waals surface area contributed by atoms with Crippen molar-refractivity contribution >= 4 is 22.4 Å². The lowest BCUT2D eigenvalue weighted by Crippen LogP contribution is -2.26. The standard InChI is InChI=1S/C23H15N5O4/c29-21(24-15-8-6-7-14(13-15)20-25-23(31)32-27-20)19-17-11-4-5-12-18(17)22(30)28(26-19)16-9-2-1-3-10-16/h1-13H,(H,24,29)(H,25,27,31). The van der Waals surface area contributed by atoms with Gasteiger partial charge in [-0.05, 0) is 30.3 Å². The van der Waals surface area contributed by atoms with E-state index in [1.54, 1.807) is 72.8 Å². The molecular weight excluding hydrogens is 410 g/mol. The average Bonchev–Trinajstić information content (AvgIpc) is 3.26. The number of amides is 1. The van der Waals surface area contributed by atoms with Gasteiger partial charge in [0.25, 0.3) is 11.5 Å². The van der Waals surface area contributed by atoms with Crippen molar-refractivity contribution < 1.29 is 9.32 Å². The van der Waals surface area contributed by atoms with Crippen molar-refractivity contribution in [3.63, 3.8) is 0 Å². The second-order valence-corrected chi connectivity index (χ2v) is 6.93. The normalized spacial score (nSPS) is 10.9. The van der Waals surface area contributed by atoms with Crippen LogP contribution in [0.3, 0.4) is 0 Å². The number of anilines is 1. The zero-order valence-electron chi connectivity index (χ0n) is 16.5. The number of hydrogen-bond donors (Lipinski definition) is 2. The van der Waals surface area contributed by atoms with Crippen molar-refractivity contribution in [3.8, 4) is 17.1 Å². The minimum Gasteiger partial charge on any atom is -0.321 e. The Balaban J connectivity index is 1.58. The maximum Gasteiger partial charge on any atom is 0.439 e. The number of nitrogens with zero attached hydrogens (tertiary/aromatic N) is 3. The highest BCUT2D eigenvalue weighted by molar-refractivity contribution is 6.11. The van der Waals surface area contributed by atoms with Gasteiger partial charge >= 0.3 is 5.76 Å². The number of benzene rings is 3. The number of rotatable bonds is 4. The number of fused-ring (bicyclic) bond motifs is 1. The van der Waals surface area contributed by atoms with Crippen LogP contribution in [0.5, 0.6) is 0 Å². The summed E-state index contributed by atoms with van der Waals surface area (Å²) in [5.74, 6) is -0.919. The van der Waals surface area contributed by atoms with Crippen LogP contribution >= 0.6 is 0 Å². The molecule has 1 amide bonds. The smallest absolute Gasteiger partial charge is 0.321 e. The molecule has 156 valence electrons. The van der Waals surface area contributed by atoms with Crippen LogP contribution in [0.25, 0.3) is 27.8 Å². The fraction of sp³-hybridized carbons (Fsp3) is 0. The molecule has 9 heteroatoms. The molecule has 0 aliphatic carbocycles. The highest BCUT2D eigenvalue weighted by Gasteiger charge is 2.18. The van der Waals surface area contributed by atoms with Gasteiger partial charge in [-0.3, -0.25) is 19.1 Å². The Labute approximate surface area is 179 Å². The molecule has 0 saturated carbocycles. The molecule has 5 rings (SSSR count). The maximum atomic E-state index is 13.2. The van der Waals surface area contributed by atoms with Gasteiger partial charge in [-0.15, -0.1) is 0 Å². The molecule has 2 heterocycles. The van der Waals surface area contributed by atoms with E-state index >= 15 is 0 Å². The van der Waals surface area contributed by atoms with E-state index in [1.165, 1.54) is 4.68 Å². The van der Waals surface area contributed by atoms with E-state index < -0.39 is 11.7 Å². The number of hydrogen-bond acceptors (Lipinski definition) is 6. The molecule has 0 fully saturated rings. The van der Waals surface area contributed by atoms with Gasteiger partial charge in [0.2, 0.25) is 0 Å². The van der Waals surface area contributed by atoms with Crippen molar-refractivity contribution in [1.82, 2.24) is 19.9 Å². The molecule has 0 radical (unpaired) electrons. The summed E-state index contributed by atoms with van der Waals surface area (Å²) in [7, 11) is 0. The van der Waals surface area contributed by atoms with Crippen LogP contribution in [0, 0.1) is 0 Å². The van der Waals surface area contributed by atoms with Gasteiger partial charge < -0.3 is 5.32 Å². The number of carbonyl (C=O) groups is 1. The molecule has 5 aromatic rings. The van der Waals surface area contributed by atoms with E-state index in [1.807, 2.05) is 6.07 Å². The second-order valence-electron chi connectivity index (χ2n) is 6.93. The van der Waals surface area contributed by atoms with Crippen molar-refractivity contribution in [1.29, 1.82) is 0 Å². The van der Waals surface area contributed by atoms with Gasteiger partial charge in [0, 0.05) is 16.6 Å². The minimum atomic E-state index is -0.673. The third kappa shape index (κ3) is 3.47. The lowest BCUT2D eigenvalue weighted by atomic mass is 10.1. The molecule has 9 nitrogen and oxygen atoms in total. The van der Waals surface area contributed by atoms with Crippen LogP contribution in [0.2, 0.25) is 0 Å². The molecule has 0 aliphatic heterocycles. The van der Waals surface area contributed by atoms with Gasteiger partial charge in [-0.2, -0.15) is 9.78 Å². The first kappa shape index (κ1) is 19.2. The van der Waals surface area contributed by atoms with Crippen molar-refractivity contribution in [2.75, 3.05) is 5.32 Å². The Bertz CT molecular complexity index is 1570. The highest BCUT2D eigenvalue weighted by atomic mass is 16.5. The summed E-state index contributed by atoms with van der Waals surface area (Å²) < 4.78 is 5.75. The minimum absolute atomic E-state index is 0.101. The summed E-state index contributed by atoms with van der Waals surface area (Å²) >= 11 is 0. The Morgan fingerprint density at radius 3 is 2.41 bits per heavy atom. The van der Waals surface area contributed by atoms with E-state index in [-0.39, 0.29) is 17.1 Å².